The van der Waals surface area contributed by atoms with Crippen LogP contribution in [-0.4, -0.2) is 38.0 Å². The van der Waals surface area contributed by atoms with E-state index in [1.165, 1.54) is 10.9 Å². The van der Waals surface area contributed by atoms with Gasteiger partial charge in [0.05, 0.1) is 6.20 Å². The van der Waals surface area contributed by atoms with Gasteiger partial charge in [-0.2, -0.15) is 0 Å². The van der Waals surface area contributed by atoms with E-state index in [1.54, 1.807) is 0 Å². The van der Waals surface area contributed by atoms with Crippen molar-refractivity contribution < 1.29 is 14.7 Å². The molecule has 0 aromatic carbocycles. The zero-order valence-electron chi connectivity index (χ0n) is 11.0. The molecule has 104 valence electrons. The van der Waals surface area contributed by atoms with Crippen molar-refractivity contribution in [3.63, 3.8) is 0 Å². The molecule has 0 bridgehead atoms. The lowest BCUT2D eigenvalue weighted by Gasteiger charge is -2.19. The Labute approximate surface area is 111 Å². The highest BCUT2D eigenvalue weighted by Crippen LogP contribution is 2.30. The maximum atomic E-state index is 11.9. The highest BCUT2D eigenvalue weighted by Gasteiger charge is 2.30. The second-order valence-corrected chi connectivity index (χ2v) is 5.19. The Morgan fingerprint density at radius 2 is 2.21 bits per heavy atom. The molecule has 19 heavy (non-hydrogen) atoms. The molecule has 1 saturated carbocycles. The number of rotatable bonds is 4. The predicted octanol–water partition coefficient (Wildman–Crippen LogP) is 0.527. The molecule has 0 radical (unpaired) electrons. The summed E-state index contributed by atoms with van der Waals surface area (Å²) in [5, 5.41) is 18.8. The molecule has 0 spiro atoms. The fourth-order valence-corrected chi connectivity index (χ4v) is 2.44. The van der Waals surface area contributed by atoms with Gasteiger partial charge in [0.2, 0.25) is 5.91 Å². The molecule has 0 aliphatic heterocycles. The van der Waals surface area contributed by atoms with Gasteiger partial charge in [0, 0.05) is 6.04 Å². The van der Waals surface area contributed by atoms with Crippen LogP contribution in [0.15, 0.2) is 6.20 Å². The van der Waals surface area contributed by atoms with E-state index in [2.05, 4.69) is 29.5 Å². The normalized spacial score (nSPS) is 26.3. The SMILES string of the molecule is CC1CCC(NC(=O)Cn2cc(C(=O)O)nn2)C1C. The molecule has 1 heterocycles. The van der Waals surface area contributed by atoms with E-state index in [0.717, 1.165) is 12.8 Å². The molecular formula is C12H18N4O3. The van der Waals surface area contributed by atoms with Gasteiger partial charge in [-0.3, -0.25) is 4.79 Å². The third-order valence-corrected chi connectivity index (χ3v) is 3.88. The quantitative estimate of drug-likeness (QED) is 0.828. The first-order valence-corrected chi connectivity index (χ1v) is 6.40. The number of carboxylic acid groups (broad SMARTS) is 1. The maximum absolute atomic E-state index is 11.9. The summed E-state index contributed by atoms with van der Waals surface area (Å²) in [5.41, 5.74) is -0.157. The average molecular weight is 266 g/mol. The molecule has 1 amide bonds. The second-order valence-electron chi connectivity index (χ2n) is 5.19. The molecule has 0 saturated heterocycles. The highest BCUT2D eigenvalue weighted by molar-refractivity contribution is 5.84. The van der Waals surface area contributed by atoms with Crippen LogP contribution in [0.4, 0.5) is 0 Å². The number of hydrogen-bond donors (Lipinski definition) is 2. The summed E-state index contributed by atoms with van der Waals surface area (Å²) in [6, 6.07) is 0.199. The van der Waals surface area contributed by atoms with Gasteiger partial charge in [-0.1, -0.05) is 19.1 Å². The van der Waals surface area contributed by atoms with Crippen LogP contribution in [0.5, 0.6) is 0 Å². The Balaban J connectivity index is 1.89. The molecule has 7 nitrogen and oxygen atoms in total. The number of aromatic nitrogens is 3. The van der Waals surface area contributed by atoms with Crippen LogP contribution in [0.1, 0.15) is 37.2 Å². The number of aromatic carboxylic acids is 1. The second kappa shape index (κ2) is 5.38. The first kappa shape index (κ1) is 13.5. The van der Waals surface area contributed by atoms with Gasteiger partial charge in [-0.05, 0) is 24.7 Å². The summed E-state index contributed by atoms with van der Waals surface area (Å²) in [7, 11) is 0. The predicted molar refractivity (Wildman–Crippen MR) is 66.5 cm³/mol. The summed E-state index contributed by atoms with van der Waals surface area (Å²) < 4.78 is 1.24. The molecular weight excluding hydrogens is 248 g/mol. The van der Waals surface area contributed by atoms with Crippen LogP contribution in [0.2, 0.25) is 0 Å². The van der Waals surface area contributed by atoms with Crippen LogP contribution in [-0.2, 0) is 11.3 Å². The third-order valence-electron chi connectivity index (χ3n) is 3.88. The number of carbonyl (C=O) groups is 2. The van der Waals surface area contributed by atoms with E-state index < -0.39 is 5.97 Å². The zero-order chi connectivity index (χ0) is 14.0. The Hall–Kier alpha value is -1.92. The van der Waals surface area contributed by atoms with Crippen molar-refractivity contribution in [2.45, 2.75) is 39.3 Å². The topological polar surface area (TPSA) is 97.1 Å². The first-order valence-electron chi connectivity index (χ1n) is 6.40. The lowest BCUT2D eigenvalue weighted by molar-refractivity contribution is -0.122. The maximum Gasteiger partial charge on any atom is 0.358 e. The third kappa shape index (κ3) is 3.10. The van der Waals surface area contributed by atoms with E-state index in [1.807, 2.05) is 0 Å². The molecule has 3 atom stereocenters. The number of nitrogens with zero attached hydrogens (tertiary/aromatic N) is 3. The van der Waals surface area contributed by atoms with Crippen LogP contribution in [0.25, 0.3) is 0 Å². The number of carboxylic acids is 1. The average Bonchev–Trinajstić information content (AvgIpc) is 2.91. The Kier molecular flexibility index (Phi) is 3.82. The van der Waals surface area contributed by atoms with Crippen molar-refractivity contribution >= 4 is 11.9 Å². The van der Waals surface area contributed by atoms with Crippen molar-refractivity contribution in [1.82, 2.24) is 20.3 Å². The molecule has 2 rings (SSSR count). The molecule has 2 N–H and O–H groups in total. The molecule has 1 fully saturated rings. The Morgan fingerprint density at radius 3 is 2.74 bits per heavy atom. The van der Waals surface area contributed by atoms with Crippen molar-refractivity contribution in [2.24, 2.45) is 11.8 Å². The standard InChI is InChI=1S/C12H18N4O3/c1-7-3-4-9(8(7)2)13-11(17)6-16-5-10(12(18)19)14-15-16/h5,7-9H,3-4,6H2,1-2H3,(H,13,17)(H,18,19). The van der Waals surface area contributed by atoms with Gasteiger partial charge in [0.1, 0.15) is 6.54 Å². The van der Waals surface area contributed by atoms with E-state index in [-0.39, 0.29) is 24.2 Å². The lowest BCUT2D eigenvalue weighted by Crippen LogP contribution is -2.39. The van der Waals surface area contributed by atoms with Gasteiger partial charge in [-0.15, -0.1) is 5.10 Å². The molecule has 1 aliphatic carbocycles. The lowest BCUT2D eigenvalue weighted by atomic mass is 9.98. The summed E-state index contributed by atoms with van der Waals surface area (Å²) in [4.78, 5) is 22.5. The molecule has 7 heteroatoms. The Bertz CT molecular complexity index is 485. The summed E-state index contributed by atoms with van der Waals surface area (Å²) >= 11 is 0. The van der Waals surface area contributed by atoms with Gasteiger partial charge < -0.3 is 10.4 Å². The zero-order valence-corrected chi connectivity index (χ0v) is 11.0. The van der Waals surface area contributed by atoms with Gasteiger partial charge in [-0.25, -0.2) is 9.48 Å². The minimum atomic E-state index is -1.15. The van der Waals surface area contributed by atoms with Crippen molar-refractivity contribution in [1.29, 1.82) is 0 Å². The van der Waals surface area contributed by atoms with Crippen molar-refractivity contribution in [3.8, 4) is 0 Å². The van der Waals surface area contributed by atoms with Gasteiger partial charge in [0.15, 0.2) is 5.69 Å². The van der Waals surface area contributed by atoms with E-state index in [0.29, 0.717) is 11.8 Å². The summed E-state index contributed by atoms with van der Waals surface area (Å²) in [6.07, 6.45) is 3.37. The monoisotopic (exact) mass is 266 g/mol. The number of hydrogen-bond acceptors (Lipinski definition) is 4. The van der Waals surface area contributed by atoms with E-state index >= 15 is 0 Å². The summed E-state index contributed by atoms with van der Waals surface area (Å²) in [6.45, 7) is 4.33. The largest absolute Gasteiger partial charge is 0.476 e. The number of nitrogens with one attached hydrogen (secondary N) is 1. The van der Waals surface area contributed by atoms with Gasteiger partial charge >= 0.3 is 5.97 Å². The minimum Gasteiger partial charge on any atom is -0.476 e. The fourth-order valence-electron chi connectivity index (χ4n) is 2.44. The molecule has 1 aromatic rings. The minimum absolute atomic E-state index is 0.00210. The highest BCUT2D eigenvalue weighted by atomic mass is 16.4. The Morgan fingerprint density at radius 1 is 1.47 bits per heavy atom. The summed E-state index contributed by atoms with van der Waals surface area (Å²) in [5.74, 6) is -0.220. The fraction of sp³-hybridized carbons (Fsp3) is 0.667. The van der Waals surface area contributed by atoms with Gasteiger partial charge in [0.25, 0.3) is 0 Å². The molecule has 1 aliphatic rings. The first-order chi connectivity index (χ1) is 8.97. The molecule has 1 aromatic heterocycles. The van der Waals surface area contributed by atoms with E-state index in [4.69, 9.17) is 5.11 Å². The van der Waals surface area contributed by atoms with Crippen LogP contribution >= 0.6 is 0 Å². The van der Waals surface area contributed by atoms with Crippen LogP contribution < -0.4 is 5.32 Å². The van der Waals surface area contributed by atoms with E-state index in [9.17, 15) is 9.59 Å². The van der Waals surface area contributed by atoms with Crippen LogP contribution in [0, 0.1) is 11.8 Å². The van der Waals surface area contributed by atoms with Crippen molar-refractivity contribution in [2.75, 3.05) is 0 Å². The molecule has 3 unspecified atom stereocenters. The number of carbonyl (C=O) groups excluding carboxylic acids is 1. The number of amides is 1. The smallest absolute Gasteiger partial charge is 0.358 e. The van der Waals surface area contributed by atoms with Crippen molar-refractivity contribution in [3.05, 3.63) is 11.9 Å². The van der Waals surface area contributed by atoms with Crippen LogP contribution in [0.3, 0.4) is 0 Å².